The number of nitrogens with one attached hydrogen (secondary N) is 5. The Morgan fingerprint density at radius 1 is 0.415 bits per heavy atom. The molecule has 0 aliphatic carbocycles. The van der Waals surface area contributed by atoms with E-state index in [1.54, 1.807) is 38.2 Å². The number of ether oxygens (including phenoxy) is 2. The van der Waals surface area contributed by atoms with Crippen molar-refractivity contribution in [3.63, 3.8) is 0 Å². The number of hydrogen-bond acceptors (Lipinski definition) is 14. The van der Waals surface area contributed by atoms with Gasteiger partial charge in [0.15, 0.2) is 0 Å². The molecular weight excluding hydrogens is 1380 g/mol. The molecule has 3 aromatic carbocycles. The fourth-order valence-corrected chi connectivity index (χ4v) is 9.98. The zero-order valence-corrected chi connectivity index (χ0v) is 72.9. The first-order chi connectivity index (χ1) is 48.3. The fourth-order valence-electron chi connectivity index (χ4n) is 8.44. The van der Waals surface area contributed by atoms with Crippen LogP contribution in [-0.4, -0.2) is 179 Å². The molecule has 0 aliphatic rings. The summed E-state index contributed by atoms with van der Waals surface area (Å²) in [5.74, 6) is 1.03. The maximum atomic E-state index is 12.0. The zero-order chi connectivity index (χ0) is 83.2. The van der Waals surface area contributed by atoms with Crippen molar-refractivity contribution in [2.24, 2.45) is 37.9 Å². The number of methoxy groups -OCH3 is 2. The van der Waals surface area contributed by atoms with Crippen molar-refractivity contribution in [3.8, 4) is 6.07 Å². The minimum atomic E-state index is -2.91. The van der Waals surface area contributed by atoms with Crippen LogP contribution in [0.15, 0.2) is 72.8 Å². The first kappa shape index (κ1) is 106. The maximum absolute atomic E-state index is 12.0. The fraction of sp³-hybridized carbons (Fsp3) is 0.687. The van der Waals surface area contributed by atoms with Gasteiger partial charge in [-0.1, -0.05) is 224 Å². The van der Waals surface area contributed by atoms with Crippen LogP contribution in [0.25, 0.3) is 0 Å². The van der Waals surface area contributed by atoms with Crippen molar-refractivity contribution in [3.05, 3.63) is 106 Å². The van der Waals surface area contributed by atoms with Gasteiger partial charge in [0.05, 0.1) is 23.1 Å². The number of likely N-dealkylation sites (N-methyl/N-ethyl adjacent to an activating group) is 1. The quantitative estimate of drug-likeness (QED) is 0.0423. The van der Waals surface area contributed by atoms with E-state index in [9.17, 15) is 50.4 Å². The van der Waals surface area contributed by atoms with Crippen LogP contribution in [0.2, 0.25) is 0 Å². The molecule has 5 N–H and O–H groups in total. The van der Waals surface area contributed by atoms with Crippen LogP contribution in [-0.2, 0) is 82.0 Å². The lowest BCUT2D eigenvalue weighted by Gasteiger charge is -2.26. The molecule has 7 amide bonds. The van der Waals surface area contributed by atoms with Gasteiger partial charge in [-0.25, -0.2) is 16.8 Å². The molecule has 0 spiro atoms. The number of benzene rings is 3. The Morgan fingerprint density at radius 3 is 1.06 bits per heavy atom. The number of aryl methyl sites for hydroxylation is 2. The first-order valence-electron chi connectivity index (χ1n) is 37.2. The van der Waals surface area contributed by atoms with Crippen LogP contribution in [0.5, 0.6) is 0 Å². The monoisotopic (exact) mass is 1530 g/mol. The molecule has 3 aromatic rings. The van der Waals surface area contributed by atoms with Crippen LogP contribution < -0.4 is 26.6 Å². The van der Waals surface area contributed by atoms with Gasteiger partial charge in [-0.15, -0.1) is 0 Å². The normalized spacial score (nSPS) is 11.6. The molecule has 0 saturated heterocycles. The number of amides is 7. The highest BCUT2D eigenvalue weighted by Crippen LogP contribution is 2.20. The second kappa shape index (κ2) is 52.3. The highest BCUT2D eigenvalue weighted by atomic mass is 32.2. The van der Waals surface area contributed by atoms with Gasteiger partial charge in [0.1, 0.15) is 19.7 Å². The van der Waals surface area contributed by atoms with Crippen molar-refractivity contribution >= 4 is 61.0 Å². The molecule has 0 aromatic heterocycles. The van der Waals surface area contributed by atoms with Gasteiger partial charge in [-0.05, 0) is 100 Å². The summed E-state index contributed by atoms with van der Waals surface area (Å²) in [4.78, 5) is 84.6. The summed E-state index contributed by atoms with van der Waals surface area (Å²) in [6, 6.07) is 26.3. The lowest BCUT2D eigenvalue weighted by atomic mass is 9.95. The van der Waals surface area contributed by atoms with Crippen molar-refractivity contribution in [1.29, 1.82) is 5.26 Å². The third-order valence-electron chi connectivity index (χ3n) is 15.3. The molecule has 106 heavy (non-hydrogen) atoms. The van der Waals surface area contributed by atoms with Gasteiger partial charge in [-0.2, -0.15) is 5.26 Å². The summed E-state index contributed by atoms with van der Waals surface area (Å²) in [6.07, 6.45) is 8.75. The van der Waals surface area contributed by atoms with E-state index in [1.165, 1.54) is 28.5 Å². The summed E-state index contributed by atoms with van der Waals surface area (Å²) in [5.41, 5.74) is 4.58. The van der Waals surface area contributed by atoms with Gasteiger partial charge < -0.3 is 45.9 Å². The molecule has 0 radical (unpaired) electrons. The average Bonchev–Trinajstić information content (AvgIpc) is 0.874. The molecular formula is C83H146N8O13S2. The number of unbranched alkanes of at least 4 members (excludes halogenated alkanes) is 2. The number of carbonyl (C=O) groups is 7. The molecule has 0 saturated carbocycles. The number of nitriles is 1. The van der Waals surface area contributed by atoms with E-state index in [1.807, 2.05) is 177 Å². The highest BCUT2D eigenvalue weighted by Gasteiger charge is 2.27. The van der Waals surface area contributed by atoms with Crippen LogP contribution in [0.3, 0.4) is 0 Å². The SMILES string of the molecule is CC(C)(C)C(=O)NCCCS(C)(=O)=O.CC(C)(C)C(=O)NCCc1ccc(C#N)cc1.CCS(=O)(=O)CCCNC(=O)C(C)(C)C.COCCCCN(C)C(=O)C(C)(C)C.COCCCCNC(=O)C(C)(C)C.Cc1cccc(CCN(C)C(=O)C(C)(C)C)c1.Cc1cccc(CCNC(=O)C(C)(C)C)c1. The predicted molar refractivity (Wildman–Crippen MR) is 437 cm³/mol. The van der Waals surface area contributed by atoms with Crippen LogP contribution in [0.1, 0.15) is 224 Å². The Bertz CT molecular complexity index is 3300. The molecule has 0 unspecified atom stereocenters. The number of rotatable bonds is 28. The Labute approximate surface area is 644 Å². The van der Waals surface area contributed by atoms with Crippen LogP contribution in [0, 0.1) is 63.1 Å². The lowest BCUT2D eigenvalue weighted by molar-refractivity contribution is -0.138. The molecule has 21 nitrogen and oxygen atoms in total. The largest absolute Gasteiger partial charge is 0.385 e. The predicted octanol–water partition coefficient (Wildman–Crippen LogP) is 13.1. The Kier molecular flexibility index (Phi) is 52.1. The molecule has 0 heterocycles. The summed E-state index contributed by atoms with van der Waals surface area (Å²) in [7, 11) is 1.31. The van der Waals surface area contributed by atoms with Crippen molar-refractivity contribution in [2.45, 2.75) is 224 Å². The van der Waals surface area contributed by atoms with E-state index in [0.29, 0.717) is 44.6 Å². The van der Waals surface area contributed by atoms with Gasteiger partial charge in [0.25, 0.3) is 0 Å². The van der Waals surface area contributed by atoms with Gasteiger partial charge in [-0.3, -0.25) is 33.6 Å². The highest BCUT2D eigenvalue weighted by molar-refractivity contribution is 7.91. The summed E-state index contributed by atoms with van der Waals surface area (Å²) in [6.45, 7) is 51.7. The number of carbonyl (C=O) groups excluding carboxylic acids is 7. The summed E-state index contributed by atoms with van der Waals surface area (Å²) >= 11 is 0. The number of nitrogens with zero attached hydrogens (tertiary/aromatic N) is 3. The zero-order valence-electron chi connectivity index (χ0n) is 71.2. The van der Waals surface area contributed by atoms with Crippen LogP contribution in [0.4, 0.5) is 0 Å². The Hall–Kier alpha value is -6.74. The Balaban J connectivity index is -0.000000574. The van der Waals surface area contributed by atoms with E-state index in [2.05, 4.69) is 95.0 Å². The van der Waals surface area contributed by atoms with Gasteiger partial charge in [0.2, 0.25) is 41.4 Å². The van der Waals surface area contributed by atoms with E-state index < -0.39 is 30.5 Å². The molecule has 0 bridgehead atoms. The Morgan fingerprint density at radius 2 is 0.736 bits per heavy atom. The van der Waals surface area contributed by atoms with E-state index in [-0.39, 0.29) is 85.7 Å². The van der Waals surface area contributed by atoms with E-state index in [4.69, 9.17) is 14.7 Å². The standard InChI is InChI=1S/C15H23NO.C14H18N2O.C14H21NO.C11H23NO2.C10H21NO3S.C10H21NO2.C9H19NO3S/c1-12-7-6-8-13(11-12)9-10-16(5)14(17)15(2,3)4;1-14(2,3)13(17)16-9-8-11-4-6-12(10-15)7-5-11;1-11-6-5-7-12(10-11)8-9-15-13(16)14(2,3)4;1-11(2,3)10(13)12(4)8-6-7-9-14-5;1-5-15(13,14)8-6-7-11-9(12)10(2,3)4;1-10(2,3)9(12)11-7-5-6-8-13-4;1-9(2,3)8(11)10-6-5-7-14(4,12)13/h6-8,11H,9-10H2,1-5H3;4-7H,8-9H2,1-3H3,(H,16,17);5-7,10H,8-9H2,1-4H3,(H,15,16);6-9H2,1-5H3;5-8H2,1-4H3,(H,11,12);5-8H2,1-4H3,(H,11,12);5-7H2,1-4H3,(H,10,11). The second-order valence-corrected chi connectivity index (χ2v) is 38.7. The van der Waals surface area contributed by atoms with Crippen molar-refractivity contribution in [1.82, 2.24) is 36.4 Å². The third-order valence-corrected chi connectivity index (χ3v) is 18.1. The van der Waals surface area contributed by atoms with Gasteiger partial charge >= 0.3 is 0 Å². The van der Waals surface area contributed by atoms with Crippen LogP contribution >= 0.6 is 0 Å². The average molecular weight is 1530 g/mol. The molecule has 608 valence electrons. The second-order valence-electron chi connectivity index (χ2n) is 34.0. The topological polar surface area (TPSA) is 297 Å². The molecule has 0 atom stereocenters. The molecule has 0 aliphatic heterocycles. The van der Waals surface area contributed by atoms with E-state index >= 15 is 0 Å². The lowest BCUT2D eigenvalue weighted by Crippen LogP contribution is -2.37. The summed E-state index contributed by atoms with van der Waals surface area (Å²) < 4.78 is 53.6. The minimum Gasteiger partial charge on any atom is -0.385 e. The van der Waals surface area contributed by atoms with Crippen molar-refractivity contribution in [2.75, 3.05) is 111 Å². The van der Waals surface area contributed by atoms with Crippen molar-refractivity contribution < 1.29 is 59.9 Å². The molecule has 0 fully saturated rings. The minimum absolute atomic E-state index is 0.0450. The first-order valence-corrected chi connectivity index (χ1v) is 41.1. The third kappa shape index (κ3) is 58.4. The van der Waals surface area contributed by atoms with Gasteiger partial charge in [0, 0.05) is 137 Å². The molecule has 3 rings (SSSR count). The maximum Gasteiger partial charge on any atom is 0.227 e. The number of hydrogen-bond donors (Lipinski definition) is 5. The number of sulfone groups is 2. The molecule has 23 heteroatoms. The smallest absolute Gasteiger partial charge is 0.227 e. The van der Waals surface area contributed by atoms with E-state index in [0.717, 1.165) is 83.4 Å². The summed E-state index contributed by atoms with van der Waals surface area (Å²) in [5, 5.41) is 22.8.